The highest BCUT2D eigenvalue weighted by molar-refractivity contribution is 6.34. The van der Waals surface area contributed by atoms with Crippen molar-refractivity contribution in [3.05, 3.63) is 81.3 Å². The summed E-state index contributed by atoms with van der Waals surface area (Å²) in [5.74, 6) is -0.446. The molecule has 1 amide bonds. The van der Waals surface area contributed by atoms with Crippen molar-refractivity contribution in [3.8, 4) is 0 Å². The summed E-state index contributed by atoms with van der Waals surface area (Å²) >= 11 is 12.4. The molecule has 3 nitrogen and oxygen atoms in total. The van der Waals surface area contributed by atoms with Crippen LogP contribution in [0.2, 0.25) is 10.0 Å². The van der Waals surface area contributed by atoms with Gasteiger partial charge in [0, 0.05) is 32.9 Å². The average Bonchev–Trinajstić information content (AvgIpc) is 2.94. The van der Waals surface area contributed by atoms with Crippen molar-refractivity contribution in [1.82, 2.24) is 4.57 Å². The van der Waals surface area contributed by atoms with Crippen LogP contribution in [0.15, 0.2) is 48.5 Å². The molecule has 2 N–H and O–H groups in total. The number of nitrogens with two attached hydrogens (primary N) is 1. The molecule has 5 heteroatoms. The molecule has 0 aliphatic heterocycles. The van der Waals surface area contributed by atoms with E-state index in [-0.39, 0.29) is 0 Å². The molecule has 1 radical (unpaired) electrons. The van der Waals surface area contributed by atoms with Gasteiger partial charge in [-0.15, -0.1) is 0 Å². The monoisotopic (exact) mass is 395 g/mol. The largest absolute Gasteiger partial charge is 0.366 e. The SMILES string of the molecule is CCc1c[c]c2c3c(C(N)=O)cccc3n(Cc3cc(Cl)cc(Cl)c3)c2c1. The highest BCUT2D eigenvalue weighted by atomic mass is 35.5. The maximum atomic E-state index is 12.0. The summed E-state index contributed by atoms with van der Waals surface area (Å²) < 4.78 is 2.16. The summed E-state index contributed by atoms with van der Waals surface area (Å²) in [6.45, 7) is 2.68. The van der Waals surface area contributed by atoms with Crippen molar-refractivity contribution >= 4 is 50.9 Å². The number of aromatic nitrogens is 1. The number of primary amides is 1. The number of rotatable bonds is 4. The van der Waals surface area contributed by atoms with Crippen molar-refractivity contribution in [2.45, 2.75) is 19.9 Å². The summed E-state index contributed by atoms with van der Waals surface area (Å²) in [6.07, 6.45) is 0.902. The topological polar surface area (TPSA) is 48.0 Å². The molecule has 4 aromatic rings. The van der Waals surface area contributed by atoms with E-state index in [9.17, 15) is 4.79 Å². The van der Waals surface area contributed by atoms with Gasteiger partial charge < -0.3 is 10.3 Å². The van der Waals surface area contributed by atoms with Crippen LogP contribution in [0.1, 0.15) is 28.4 Å². The maximum absolute atomic E-state index is 12.0. The van der Waals surface area contributed by atoms with E-state index in [0.29, 0.717) is 22.2 Å². The van der Waals surface area contributed by atoms with Gasteiger partial charge in [0.1, 0.15) is 0 Å². The number of halogens is 2. The van der Waals surface area contributed by atoms with Crippen molar-refractivity contribution < 1.29 is 4.79 Å². The number of benzene rings is 3. The average molecular weight is 396 g/mol. The Labute approximate surface area is 167 Å². The van der Waals surface area contributed by atoms with E-state index in [2.05, 4.69) is 23.6 Å². The Bertz CT molecular complexity index is 1170. The number of carbonyl (C=O) groups excluding carboxylic acids is 1. The van der Waals surface area contributed by atoms with Gasteiger partial charge in [-0.3, -0.25) is 4.79 Å². The predicted octanol–water partition coefficient (Wildman–Crippen LogP) is 5.61. The predicted molar refractivity (Wildman–Crippen MR) is 112 cm³/mol. The van der Waals surface area contributed by atoms with Crippen LogP contribution in [0.4, 0.5) is 0 Å². The number of hydrogen-bond acceptors (Lipinski definition) is 1. The van der Waals surface area contributed by atoms with Crippen LogP contribution in [0.5, 0.6) is 0 Å². The Morgan fingerprint density at radius 2 is 1.81 bits per heavy atom. The van der Waals surface area contributed by atoms with Gasteiger partial charge in [-0.1, -0.05) is 42.3 Å². The normalized spacial score (nSPS) is 11.4. The van der Waals surface area contributed by atoms with E-state index >= 15 is 0 Å². The van der Waals surface area contributed by atoms with Gasteiger partial charge in [0.15, 0.2) is 0 Å². The Morgan fingerprint density at radius 3 is 2.48 bits per heavy atom. The van der Waals surface area contributed by atoms with E-state index in [1.54, 1.807) is 12.1 Å². The van der Waals surface area contributed by atoms with Gasteiger partial charge in [0.25, 0.3) is 0 Å². The number of fused-ring (bicyclic) bond motifs is 3. The van der Waals surface area contributed by atoms with Gasteiger partial charge in [-0.25, -0.2) is 0 Å². The fourth-order valence-corrected chi connectivity index (χ4v) is 4.13. The molecule has 1 aromatic heterocycles. The van der Waals surface area contributed by atoms with Crippen LogP contribution < -0.4 is 5.73 Å². The first-order valence-electron chi connectivity index (χ1n) is 8.68. The second-order valence-corrected chi connectivity index (χ2v) is 7.42. The second-order valence-electron chi connectivity index (χ2n) is 6.55. The molecular formula is C22H17Cl2N2O. The van der Waals surface area contributed by atoms with Gasteiger partial charge in [-0.2, -0.15) is 0 Å². The smallest absolute Gasteiger partial charge is 0.249 e. The first-order chi connectivity index (χ1) is 13.0. The van der Waals surface area contributed by atoms with Crippen molar-refractivity contribution in [1.29, 1.82) is 0 Å². The van der Waals surface area contributed by atoms with Crippen molar-refractivity contribution in [2.75, 3.05) is 0 Å². The molecule has 135 valence electrons. The molecule has 27 heavy (non-hydrogen) atoms. The van der Waals surface area contributed by atoms with E-state index in [0.717, 1.165) is 33.8 Å². The Kier molecular flexibility index (Phi) is 4.58. The van der Waals surface area contributed by atoms with Gasteiger partial charge in [0.05, 0.1) is 11.0 Å². The number of aryl methyl sites for hydroxylation is 1. The lowest BCUT2D eigenvalue weighted by Gasteiger charge is -2.10. The molecule has 0 aliphatic carbocycles. The maximum Gasteiger partial charge on any atom is 0.249 e. The number of carbonyl (C=O) groups is 1. The van der Waals surface area contributed by atoms with Crippen LogP contribution >= 0.6 is 23.2 Å². The number of nitrogens with zero attached hydrogens (tertiary/aromatic N) is 1. The molecule has 0 spiro atoms. The Balaban J connectivity index is 2.04. The third-order valence-corrected chi connectivity index (χ3v) is 5.23. The molecule has 0 bridgehead atoms. The fourth-order valence-electron chi connectivity index (χ4n) is 3.56. The van der Waals surface area contributed by atoms with Crippen molar-refractivity contribution in [3.63, 3.8) is 0 Å². The summed E-state index contributed by atoms with van der Waals surface area (Å²) in [6, 6.07) is 18.6. The van der Waals surface area contributed by atoms with E-state index in [1.807, 2.05) is 30.3 Å². The van der Waals surface area contributed by atoms with E-state index in [1.165, 1.54) is 5.56 Å². The molecule has 0 fully saturated rings. The molecule has 4 rings (SSSR count). The molecule has 0 saturated carbocycles. The minimum atomic E-state index is -0.446. The highest BCUT2D eigenvalue weighted by Crippen LogP contribution is 2.33. The Hall–Kier alpha value is -2.49. The van der Waals surface area contributed by atoms with Crippen LogP contribution in [0.25, 0.3) is 21.8 Å². The lowest BCUT2D eigenvalue weighted by Crippen LogP contribution is -2.11. The van der Waals surface area contributed by atoms with Crippen LogP contribution in [0.3, 0.4) is 0 Å². The molecular weight excluding hydrogens is 379 g/mol. The standard InChI is InChI=1S/C22H17Cl2N2O/c1-2-13-6-7-17-20(10-13)26(12-14-8-15(23)11-16(24)9-14)19-5-3-4-18(21(17)19)22(25)27/h3-6,8-11H,2,12H2,1H3,(H2,25,27). The third-order valence-electron chi connectivity index (χ3n) is 4.79. The minimum absolute atomic E-state index is 0.446. The minimum Gasteiger partial charge on any atom is -0.366 e. The molecule has 0 saturated heterocycles. The molecule has 0 aliphatic rings. The number of amides is 1. The summed E-state index contributed by atoms with van der Waals surface area (Å²) in [4.78, 5) is 12.0. The summed E-state index contributed by atoms with van der Waals surface area (Å²) in [5.41, 5.74) is 10.2. The van der Waals surface area contributed by atoms with Crippen LogP contribution in [-0.4, -0.2) is 10.5 Å². The van der Waals surface area contributed by atoms with Crippen LogP contribution in [0, 0.1) is 6.07 Å². The fraction of sp³-hybridized carbons (Fsp3) is 0.136. The zero-order valence-corrected chi connectivity index (χ0v) is 16.2. The number of hydrogen-bond donors (Lipinski definition) is 1. The third kappa shape index (κ3) is 3.18. The quantitative estimate of drug-likeness (QED) is 0.479. The van der Waals surface area contributed by atoms with Crippen LogP contribution in [-0.2, 0) is 13.0 Å². The first kappa shape index (κ1) is 17.9. The van der Waals surface area contributed by atoms with E-state index in [4.69, 9.17) is 28.9 Å². The van der Waals surface area contributed by atoms with Gasteiger partial charge >= 0.3 is 0 Å². The zero-order chi connectivity index (χ0) is 19.1. The van der Waals surface area contributed by atoms with E-state index < -0.39 is 5.91 Å². The molecule has 3 aromatic carbocycles. The highest BCUT2D eigenvalue weighted by Gasteiger charge is 2.17. The molecule has 0 atom stereocenters. The lowest BCUT2D eigenvalue weighted by molar-refractivity contribution is 0.100. The summed E-state index contributed by atoms with van der Waals surface area (Å²) in [5, 5.41) is 2.91. The van der Waals surface area contributed by atoms with Crippen molar-refractivity contribution in [2.24, 2.45) is 5.73 Å². The summed E-state index contributed by atoms with van der Waals surface area (Å²) in [7, 11) is 0. The molecule has 1 heterocycles. The zero-order valence-electron chi connectivity index (χ0n) is 14.7. The first-order valence-corrected chi connectivity index (χ1v) is 9.44. The Morgan fingerprint density at radius 1 is 1.07 bits per heavy atom. The molecule has 0 unspecified atom stereocenters. The second kappa shape index (κ2) is 6.91. The lowest BCUT2D eigenvalue weighted by atomic mass is 10.0. The van der Waals surface area contributed by atoms with Gasteiger partial charge in [0.2, 0.25) is 5.91 Å². The van der Waals surface area contributed by atoms with Gasteiger partial charge in [-0.05, 0) is 60.0 Å².